The van der Waals surface area contributed by atoms with Crippen LogP contribution in [0.25, 0.3) is 0 Å². The highest BCUT2D eigenvalue weighted by molar-refractivity contribution is 7.13. The molecule has 4 nitrogen and oxygen atoms in total. The molecule has 0 aliphatic heterocycles. The summed E-state index contributed by atoms with van der Waals surface area (Å²) in [5, 5.41) is 5.79. The van der Waals surface area contributed by atoms with Crippen LogP contribution in [0.5, 0.6) is 5.75 Å². The number of nitrogens with zero attached hydrogens (tertiary/aromatic N) is 1. The fourth-order valence-corrected chi connectivity index (χ4v) is 2.12. The summed E-state index contributed by atoms with van der Waals surface area (Å²) in [4.78, 5) is 15.8. The van der Waals surface area contributed by atoms with E-state index < -0.39 is 6.10 Å². The zero-order valence-electron chi connectivity index (χ0n) is 9.89. The van der Waals surface area contributed by atoms with E-state index in [0.29, 0.717) is 20.9 Å². The molecule has 7 heteroatoms. The first kappa shape index (κ1) is 14.1. The number of hydrogen-bond acceptors (Lipinski definition) is 4. The van der Waals surface area contributed by atoms with Gasteiger partial charge in [0.2, 0.25) is 0 Å². The molecule has 1 unspecified atom stereocenters. The smallest absolute Gasteiger partial charge is 0.266 e. The van der Waals surface area contributed by atoms with Crippen LogP contribution < -0.4 is 10.1 Å². The van der Waals surface area contributed by atoms with E-state index in [1.165, 1.54) is 11.3 Å². The number of halogens is 2. The van der Waals surface area contributed by atoms with Crippen LogP contribution in [0.1, 0.15) is 6.92 Å². The average Bonchev–Trinajstić information content (AvgIpc) is 2.86. The molecular formula is C12H10Cl2N2O2S. The van der Waals surface area contributed by atoms with Gasteiger partial charge in [0.05, 0.1) is 10.0 Å². The Morgan fingerprint density at radius 3 is 2.84 bits per heavy atom. The van der Waals surface area contributed by atoms with Gasteiger partial charge >= 0.3 is 0 Å². The first-order valence-electron chi connectivity index (χ1n) is 5.38. The molecule has 1 heterocycles. The van der Waals surface area contributed by atoms with Crippen molar-refractivity contribution in [3.63, 3.8) is 0 Å². The Hall–Kier alpha value is -1.30. The lowest BCUT2D eigenvalue weighted by molar-refractivity contribution is -0.122. The van der Waals surface area contributed by atoms with Crippen LogP contribution in [-0.2, 0) is 4.79 Å². The Bertz CT molecular complexity index is 575. The van der Waals surface area contributed by atoms with E-state index in [2.05, 4.69) is 10.3 Å². The summed E-state index contributed by atoms with van der Waals surface area (Å²) in [6.07, 6.45) is 0.950. The summed E-state index contributed by atoms with van der Waals surface area (Å²) in [6.45, 7) is 1.64. The quantitative estimate of drug-likeness (QED) is 0.931. The molecule has 1 aromatic carbocycles. The molecule has 1 aromatic heterocycles. The van der Waals surface area contributed by atoms with Crippen molar-refractivity contribution < 1.29 is 9.53 Å². The zero-order chi connectivity index (χ0) is 13.8. The minimum Gasteiger partial charge on any atom is -0.481 e. The highest BCUT2D eigenvalue weighted by Gasteiger charge is 2.16. The van der Waals surface area contributed by atoms with Gasteiger partial charge in [-0.15, -0.1) is 11.3 Å². The number of aromatic nitrogens is 1. The molecule has 0 aliphatic rings. The fourth-order valence-electron chi connectivity index (χ4n) is 1.30. The maximum absolute atomic E-state index is 11.8. The van der Waals surface area contributed by atoms with Crippen molar-refractivity contribution in [3.8, 4) is 5.75 Å². The van der Waals surface area contributed by atoms with Gasteiger partial charge in [0.1, 0.15) is 5.75 Å². The average molecular weight is 317 g/mol. The van der Waals surface area contributed by atoms with Gasteiger partial charge in [0.15, 0.2) is 11.2 Å². The maximum Gasteiger partial charge on any atom is 0.266 e. The summed E-state index contributed by atoms with van der Waals surface area (Å²) in [7, 11) is 0. The highest BCUT2D eigenvalue weighted by Crippen LogP contribution is 2.27. The van der Waals surface area contributed by atoms with E-state index >= 15 is 0 Å². The van der Waals surface area contributed by atoms with Crippen molar-refractivity contribution >= 4 is 45.6 Å². The van der Waals surface area contributed by atoms with E-state index in [-0.39, 0.29) is 5.91 Å². The zero-order valence-corrected chi connectivity index (χ0v) is 12.2. The lowest BCUT2D eigenvalue weighted by Gasteiger charge is -2.14. The number of thiazole rings is 1. The van der Waals surface area contributed by atoms with Crippen molar-refractivity contribution in [2.75, 3.05) is 5.32 Å². The molecule has 19 heavy (non-hydrogen) atoms. The van der Waals surface area contributed by atoms with Crippen LogP contribution in [0.15, 0.2) is 29.8 Å². The fraction of sp³-hybridized carbons (Fsp3) is 0.167. The van der Waals surface area contributed by atoms with Crippen LogP contribution in [-0.4, -0.2) is 17.0 Å². The molecule has 2 aromatic rings. The normalized spacial score (nSPS) is 11.9. The Morgan fingerprint density at radius 2 is 2.21 bits per heavy atom. The third-order valence-electron chi connectivity index (χ3n) is 2.24. The maximum atomic E-state index is 11.8. The SMILES string of the molecule is CC(Oc1ccc(Cl)c(Cl)c1)C(=O)Nc1nccs1. The number of rotatable bonds is 4. The lowest BCUT2D eigenvalue weighted by Crippen LogP contribution is -2.30. The monoisotopic (exact) mass is 316 g/mol. The van der Waals surface area contributed by atoms with E-state index in [1.807, 2.05) is 0 Å². The van der Waals surface area contributed by atoms with E-state index in [4.69, 9.17) is 27.9 Å². The van der Waals surface area contributed by atoms with Gasteiger partial charge in [0, 0.05) is 17.6 Å². The largest absolute Gasteiger partial charge is 0.481 e. The summed E-state index contributed by atoms with van der Waals surface area (Å²) in [6, 6.07) is 4.84. The molecule has 0 saturated heterocycles. The first-order valence-corrected chi connectivity index (χ1v) is 7.02. The van der Waals surface area contributed by atoms with Crippen molar-refractivity contribution in [1.29, 1.82) is 0 Å². The van der Waals surface area contributed by atoms with Gasteiger partial charge in [-0.1, -0.05) is 23.2 Å². The summed E-state index contributed by atoms with van der Waals surface area (Å²) in [5.74, 6) is 0.206. The standard InChI is InChI=1S/C12H10Cl2N2O2S/c1-7(11(17)16-12-15-4-5-19-12)18-8-2-3-9(13)10(14)6-8/h2-7H,1H3,(H,15,16,17). The number of carbonyl (C=O) groups excluding carboxylic acids is 1. The van der Waals surface area contributed by atoms with Gasteiger partial charge in [-0.25, -0.2) is 4.98 Å². The minimum atomic E-state index is -0.666. The number of carbonyl (C=O) groups is 1. The molecule has 100 valence electrons. The molecule has 1 atom stereocenters. The summed E-state index contributed by atoms with van der Waals surface area (Å²) < 4.78 is 5.48. The Kier molecular flexibility index (Phi) is 4.63. The lowest BCUT2D eigenvalue weighted by atomic mass is 10.3. The first-order chi connectivity index (χ1) is 9.06. The molecule has 0 spiro atoms. The summed E-state index contributed by atoms with van der Waals surface area (Å²) >= 11 is 13.0. The second kappa shape index (κ2) is 6.23. The number of hydrogen-bond donors (Lipinski definition) is 1. The van der Waals surface area contributed by atoms with Crippen molar-refractivity contribution in [2.24, 2.45) is 0 Å². The van der Waals surface area contributed by atoms with Crippen LogP contribution in [0.4, 0.5) is 5.13 Å². The number of amides is 1. The predicted octanol–water partition coefficient (Wildman–Crippen LogP) is 3.86. The second-order valence-corrected chi connectivity index (χ2v) is 5.37. The molecule has 0 bridgehead atoms. The number of nitrogens with one attached hydrogen (secondary N) is 1. The van der Waals surface area contributed by atoms with Gasteiger partial charge in [0.25, 0.3) is 5.91 Å². The molecule has 2 rings (SSSR count). The molecule has 1 amide bonds. The van der Waals surface area contributed by atoms with Gasteiger partial charge in [-0.05, 0) is 19.1 Å². The van der Waals surface area contributed by atoms with Gasteiger partial charge in [-0.3, -0.25) is 10.1 Å². The number of anilines is 1. The minimum absolute atomic E-state index is 0.277. The van der Waals surface area contributed by atoms with E-state index in [1.54, 1.807) is 36.7 Å². The predicted molar refractivity (Wildman–Crippen MR) is 77.3 cm³/mol. The van der Waals surface area contributed by atoms with Gasteiger partial charge < -0.3 is 4.74 Å². The van der Waals surface area contributed by atoms with Gasteiger partial charge in [-0.2, -0.15) is 0 Å². The third kappa shape index (κ3) is 3.83. The van der Waals surface area contributed by atoms with Crippen molar-refractivity contribution in [3.05, 3.63) is 39.8 Å². The van der Waals surface area contributed by atoms with Crippen molar-refractivity contribution in [1.82, 2.24) is 4.98 Å². The van der Waals surface area contributed by atoms with Crippen LogP contribution in [0, 0.1) is 0 Å². The van der Waals surface area contributed by atoms with E-state index in [9.17, 15) is 4.79 Å². The topological polar surface area (TPSA) is 51.2 Å². The second-order valence-electron chi connectivity index (χ2n) is 3.66. The third-order valence-corrected chi connectivity index (χ3v) is 3.66. The van der Waals surface area contributed by atoms with Crippen LogP contribution >= 0.6 is 34.5 Å². The Morgan fingerprint density at radius 1 is 1.42 bits per heavy atom. The van der Waals surface area contributed by atoms with Crippen molar-refractivity contribution in [2.45, 2.75) is 13.0 Å². The molecule has 1 N–H and O–H groups in total. The Balaban J connectivity index is 1.98. The number of benzene rings is 1. The molecule has 0 aliphatic carbocycles. The Labute approximate surface area is 124 Å². The molecular weight excluding hydrogens is 307 g/mol. The van der Waals surface area contributed by atoms with Crippen LogP contribution in [0.3, 0.4) is 0 Å². The number of ether oxygens (including phenoxy) is 1. The van der Waals surface area contributed by atoms with E-state index in [0.717, 1.165) is 0 Å². The molecule has 0 radical (unpaired) electrons. The molecule has 0 saturated carbocycles. The van der Waals surface area contributed by atoms with Crippen LogP contribution in [0.2, 0.25) is 10.0 Å². The molecule has 0 fully saturated rings. The summed E-state index contributed by atoms with van der Waals surface area (Å²) in [5.41, 5.74) is 0. The highest BCUT2D eigenvalue weighted by atomic mass is 35.5.